The summed E-state index contributed by atoms with van der Waals surface area (Å²) in [6.07, 6.45) is -0.139. The molecule has 28 heavy (non-hydrogen) atoms. The number of amides is 1. The molecule has 8 heteroatoms. The minimum absolute atomic E-state index is 0.0547. The molecule has 4 rings (SSSR count). The monoisotopic (exact) mass is 459 g/mol. The van der Waals surface area contributed by atoms with Crippen molar-refractivity contribution in [1.29, 1.82) is 0 Å². The highest BCUT2D eigenvalue weighted by molar-refractivity contribution is 9.10. The SMILES string of the molecule is O=C(O)CCNC(=O)c1c(-c2cc3cc(Cl)ccc3[nH]2)[nH]c2cc(Br)ccc12. The summed E-state index contributed by atoms with van der Waals surface area (Å²) < 4.78 is 0.883. The van der Waals surface area contributed by atoms with Crippen molar-refractivity contribution in [3.05, 3.63) is 57.5 Å². The summed E-state index contributed by atoms with van der Waals surface area (Å²) in [4.78, 5) is 30.2. The fourth-order valence-corrected chi connectivity index (χ4v) is 3.76. The number of fused-ring (bicyclic) bond motifs is 2. The van der Waals surface area contributed by atoms with Crippen LogP contribution in [0.5, 0.6) is 0 Å². The van der Waals surface area contributed by atoms with Gasteiger partial charge in [-0.15, -0.1) is 0 Å². The highest BCUT2D eigenvalue weighted by atomic mass is 79.9. The number of aliphatic carboxylic acids is 1. The number of halogens is 2. The molecule has 2 aromatic carbocycles. The molecule has 1 amide bonds. The number of benzene rings is 2. The van der Waals surface area contributed by atoms with E-state index >= 15 is 0 Å². The van der Waals surface area contributed by atoms with Crippen molar-refractivity contribution in [2.45, 2.75) is 6.42 Å². The lowest BCUT2D eigenvalue weighted by atomic mass is 10.1. The number of rotatable bonds is 5. The summed E-state index contributed by atoms with van der Waals surface area (Å²) in [5.41, 5.74) is 3.53. The zero-order valence-corrected chi connectivity index (χ0v) is 16.8. The average Bonchev–Trinajstić information content (AvgIpc) is 3.21. The molecule has 0 bridgehead atoms. The number of aromatic nitrogens is 2. The summed E-state index contributed by atoms with van der Waals surface area (Å²) in [5, 5.41) is 13.8. The first-order valence-corrected chi connectivity index (χ1v) is 9.69. The number of aromatic amines is 2. The highest BCUT2D eigenvalue weighted by Gasteiger charge is 2.21. The van der Waals surface area contributed by atoms with Crippen LogP contribution in [0.3, 0.4) is 0 Å². The second-order valence-corrected chi connectivity index (χ2v) is 7.73. The van der Waals surface area contributed by atoms with E-state index in [0.29, 0.717) is 16.3 Å². The smallest absolute Gasteiger partial charge is 0.305 e. The Bertz CT molecular complexity index is 1230. The fraction of sp³-hybridized carbons (Fsp3) is 0.100. The third-order valence-corrected chi connectivity index (χ3v) is 5.19. The van der Waals surface area contributed by atoms with E-state index < -0.39 is 5.97 Å². The van der Waals surface area contributed by atoms with Crippen molar-refractivity contribution in [2.75, 3.05) is 6.54 Å². The number of hydrogen-bond acceptors (Lipinski definition) is 2. The summed E-state index contributed by atoms with van der Waals surface area (Å²) in [6.45, 7) is 0.0547. The first-order valence-electron chi connectivity index (χ1n) is 8.52. The van der Waals surface area contributed by atoms with Crippen molar-refractivity contribution < 1.29 is 14.7 Å². The second-order valence-electron chi connectivity index (χ2n) is 6.38. The Hall–Kier alpha value is -2.77. The number of nitrogens with one attached hydrogen (secondary N) is 3. The van der Waals surface area contributed by atoms with Gasteiger partial charge in [-0.25, -0.2) is 0 Å². The summed E-state index contributed by atoms with van der Waals surface area (Å²) in [6, 6.07) is 13.1. The maximum Gasteiger partial charge on any atom is 0.305 e. The molecule has 0 fully saturated rings. The van der Waals surface area contributed by atoms with Crippen molar-refractivity contribution in [3.8, 4) is 11.4 Å². The summed E-state index contributed by atoms with van der Waals surface area (Å²) in [7, 11) is 0. The van der Waals surface area contributed by atoms with Gasteiger partial charge in [-0.1, -0.05) is 33.6 Å². The van der Waals surface area contributed by atoms with Crippen LogP contribution in [0.2, 0.25) is 5.02 Å². The topological polar surface area (TPSA) is 98.0 Å². The molecule has 0 radical (unpaired) electrons. The molecule has 0 atom stereocenters. The Kier molecular flexibility index (Phi) is 4.87. The van der Waals surface area contributed by atoms with Crippen LogP contribution < -0.4 is 5.32 Å². The molecule has 142 valence electrons. The molecule has 0 aliphatic heterocycles. The van der Waals surface area contributed by atoms with Crippen molar-refractivity contribution in [3.63, 3.8) is 0 Å². The summed E-state index contributed by atoms with van der Waals surface area (Å²) in [5.74, 6) is -1.29. The molecule has 2 heterocycles. The van der Waals surface area contributed by atoms with Crippen LogP contribution in [0.4, 0.5) is 0 Å². The van der Waals surface area contributed by atoms with Gasteiger partial charge in [0.05, 0.1) is 23.4 Å². The lowest BCUT2D eigenvalue weighted by Crippen LogP contribution is -2.26. The molecule has 0 aliphatic carbocycles. The number of carbonyl (C=O) groups is 2. The van der Waals surface area contributed by atoms with E-state index in [4.69, 9.17) is 16.7 Å². The number of H-pyrrole nitrogens is 2. The van der Waals surface area contributed by atoms with Gasteiger partial charge in [0, 0.05) is 37.8 Å². The first-order chi connectivity index (χ1) is 13.4. The zero-order chi connectivity index (χ0) is 19.8. The molecular weight excluding hydrogens is 446 g/mol. The Morgan fingerprint density at radius 2 is 1.89 bits per heavy atom. The molecule has 2 aromatic heterocycles. The predicted octanol–water partition coefficient (Wildman–Crippen LogP) is 4.94. The lowest BCUT2D eigenvalue weighted by Gasteiger charge is -2.05. The Morgan fingerprint density at radius 1 is 1.07 bits per heavy atom. The number of carboxylic acid groups (broad SMARTS) is 1. The Morgan fingerprint density at radius 3 is 2.68 bits per heavy atom. The zero-order valence-electron chi connectivity index (χ0n) is 14.5. The molecule has 0 saturated heterocycles. The first kappa shape index (κ1) is 18.6. The van der Waals surface area contributed by atoms with E-state index in [0.717, 1.165) is 32.0 Å². The molecule has 6 nitrogen and oxygen atoms in total. The van der Waals surface area contributed by atoms with Gasteiger partial charge in [0.1, 0.15) is 0 Å². The van der Waals surface area contributed by atoms with Crippen LogP contribution >= 0.6 is 27.5 Å². The van der Waals surface area contributed by atoms with Crippen molar-refractivity contribution in [2.24, 2.45) is 0 Å². The molecular formula is C20H15BrClN3O3. The van der Waals surface area contributed by atoms with E-state index in [-0.39, 0.29) is 18.9 Å². The van der Waals surface area contributed by atoms with Gasteiger partial charge in [0.2, 0.25) is 0 Å². The van der Waals surface area contributed by atoms with Crippen LogP contribution in [0.25, 0.3) is 33.2 Å². The van der Waals surface area contributed by atoms with E-state index in [1.54, 1.807) is 6.07 Å². The third kappa shape index (κ3) is 3.50. The number of carbonyl (C=O) groups excluding carboxylic acids is 1. The van der Waals surface area contributed by atoms with Gasteiger partial charge < -0.3 is 20.4 Å². The van der Waals surface area contributed by atoms with E-state index in [9.17, 15) is 9.59 Å². The van der Waals surface area contributed by atoms with Gasteiger partial charge >= 0.3 is 5.97 Å². The van der Waals surface area contributed by atoms with Gasteiger partial charge in [0.25, 0.3) is 5.91 Å². The fourth-order valence-electron chi connectivity index (χ4n) is 3.22. The second kappa shape index (κ2) is 7.33. The minimum atomic E-state index is -0.962. The van der Waals surface area contributed by atoms with Crippen LogP contribution in [-0.4, -0.2) is 33.5 Å². The Balaban J connectivity index is 1.83. The molecule has 4 N–H and O–H groups in total. The quantitative estimate of drug-likeness (QED) is 0.340. The number of carboxylic acids is 1. The van der Waals surface area contributed by atoms with Crippen LogP contribution in [-0.2, 0) is 4.79 Å². The van der Waals surface area contributed by atoms with Crippen molar-refractivity contribution >= 4 is 61.2 Å². The Labute approximate surface area is 173 Å². The van der Waals surface area contributed by atoms with Gasteiger partial charge in [-0.2, -0.15) is 0 Å². The molecule has 0 unspecified atom stereocenters. The maximum absolute atomic E-state index is 12.9. The molecule has 0 spiro atoms. The molecule has 0 saturated carbocycles. The van der Waals surface area contributed by atoms with Crippen LogP contribution in [0.1, 0.15) is 16.8 Å². The van der Waals surface area contributed by atoms with E-state index in [1.807, 2.05) is 36.4 Å². The summed E-state index contributed by atoms with van der Waals surface area (Å²) >= 11 is 9.53. The van der Waals surface area contributed by atoms with Crippen LogP contribution in [0, 0.1) is 0 Å². The van der Waals surface area contributed by atoms with Gasteiger partial charge in [-0.3, -0.25) is 9.59 Å². The third-order valence-electron chi connectivity index (χ3n) is 4.46. The maximum atomic E-state index is 12.9. The van der Waals surface area contributed by atoms with Gasteiger partial charge in [-0.05, 0) is 36.4 Å². The average molecular weight is 461 g/mol. The lowest BCUT2D eigenvalue weighted by molar-refractivity contribution is -0.136. The van der Waals surface area contributed by atoms with E-state index in [2.05, 4.69) is 31.2 Å². The minimum Gasteiger partial charge on any atom is -0.481 e. The number of hydrogen-bond donors (Lipinski definition) is 4. The molecule has 0 aliphatic rings. The van der Waals surface area contributed by atoms with E-state index in [1.165, 1.54) is 0 Å². The molecule has 4 aromatic rings. The van der Waals surface area contributed by atoms with Crippen molar-refractivity contribution in [1.82, 2.24) is 15.3 Å². The largest absolute Gasteiger partial charge is 0.481 e. The van der Waals surface area contributed by atoms with Crippen LogP contribution in [0.15, 0.2) is 46.9 Å². The van der Waals surface area contributed by atoms with Gasteiger partial charge in [0.15, 0.2) is 0 Å². The predicted molar refractivity (Wildman–Crippen MR) is 113 cm³/mol. The standard InChI is InChI=1S/C20H15BrClN3O3/c21-11-1-3-13-15(9-11)25-19(18(13)20(28)23-6-5-17(26)27)16-8-10-7-12(22)2-4-14(10)24-16/h1-4,7-9,24-25H,5-6H2,(H,23,28)(H,26,27). The normalized spacial score (nSPS) is 11.2. The highest BCUT2D eigenvalue weighted by Crippen LogP contribution is 2.33.